The van der Waals surface area contributed by atoms with Gasteiger partial charge < -0.3 is 19.9 Å². The molecule has 0 aromatic heterocycles. The Bertz CT molecular complexity index is 855. The van der Waals surface area contributed by atoms with Crippen LogP contribution >= 0.6 is 15.9 Å². The van der Waals surface area contributed by atoms with Crippen LogP contribution in [-0.2, 0) is 16.1 Å². The van der Waals surface area contributed by atoms with Crippen LogP contribution in [0, 0.1) is 5.92 Å². The van der Waals surface area contributed by atoms with E-state index in [2.05, 4.69) is 26.1 Å². The van der Waals surface area contributed by atoms with Gasteiger partial charge in [0.25, 0.3) is 0 Å². The molecule has 6 nitrogen and oxygen atoms in total. The van der Waals surface area contributed by atoms with Crippen molar-refractivity contribution in [1.29, 1.82) is 0 Å². The number of anilines is 1. The molecular weight excluding hydrogens is 434 g/mol. The molecule has 2 aromatic carbocycles. The van der Waals surface area contributed by atoms with Crippen molar-refractivity contribution in [3.05, 3.63) is 58.6 Å². The number of ether oxygens (including phenoxy) is 1. The number of hydrogen-bond donors (Lipinski definition) is 1. The summed E-state index contributed by atoms with van der Waals surface area (Å²) in [6, 6.07) is 15.3. The van der Waals surface area contributed by atoms with E-state index in [9.17, 15) is 9.59 Å². The molecule has 2 amide bonds. The van der Waals surface area contributed by atoms with Crippen LogP contribution in [-0.4, -0.2) is 50.5 Å². The first-order valence-electron chi connectivity index (χ1n) is 9.62. The molecule has 154 valence electrons. The molecule has 0 saturated carbocycles. The number of halogens is 1. The summed E-state index contributed by atoms with van der Waals surface area (Å²) in [5.41, 5.74) is 1.80. The van der Waals surface area contributed by atoms with E-state index in [4.69, 9.17) is 4.74 Å². The van der Waals surface area contributed by atoms with Gasteiger partial charge in [0.1, 0.15) is 12.4 Å². The molecule has 1 heterocycles. The Morgan fingerprint density at radius 2 is 2.00 bits per heavy atom. The molecule has 7 heteroatoms. The number of hydrogen-bond acceptors (Lipinski definition) is 4. The van der Waals surface area contributed by atoms with Crippen molar-refractivity contribution >= 4 is 33.4 Å². The second-order valence-corrected chi connectivity index (χ2v) is 8.31. The minimum Gasteiger partial charge on any atom is -0.492 e. The fraction of sp³-hybridized carbons (Fsp3) is 0.364. The van der Waals surface area contributed by atoms with Gasteiger partial charge in [-0.3, -0.25) is 9.59 Å². The van der Waals surface area contributed by atoms with Gasteiger partial charge in [-0.15, -0.1) is 0 Å². The first kappa shape index (κ1) is 21.3. The highest BCUT2D eigenvalue weighted by Gasteiger charge is 2.35. The average molecular weight is 460 g/mol. The van der Waals surface area contributed by atoms with E-state index in [-0.39, 0.29) is 24.2 Å². The molecule has 0 radical (unpaired) electrons. The molecule has 1 unspecified atom stereocenters. The molecule has 0 bridgehead atoms. The number of carbonyl (C=O) groups is 2. The zero-order valence-corrected chi connectivity index (χ0v) is 18.3. The SMILES string of the molecule is CN(C)CCOc1ccc(CNC(=O)C2CC(=O)N(c3cccc(Br)c3)C2)cc1. The minimum absolute atomic E-state index is 0.0255. The highest BCUT2D eigenvalue weighted by atomic mass is 79.9. The Labute approximate surface area is 180 Å². The van der Waals surface area contributed by atoms with E-state index in [0.717, 1.165) is 28.0 Å². The van der Waals surface area contributed by atoms with Crippen LogP contribution in [0.1, 0.15) is 12.0 Å². The summed E-state index contributed by atoms with van der Waals surface area (Å²) in [6.07, 6.45) is 0.233. The highest BCUT2D eigenvalue weighted by molar-refractivity contribution is 9.10. The lowest BCUT2D eigenvalue weighted by atomic mass is 10.1. The molecule has 1 aliphatic rings. The summed E-state index contributed by atoms with van der Waals surface area (Å²) in [5, 5.41) is 2.95. The topological polar surface area (TPSA) is 61.9 Å². The van der Waals surface area contributed by atoms with E-state index in [1.54, 1.807) is 4.90 Å². The highest BCUT2D eigenvalue weighted by Crippen LogP contribution is 2.27. The Hall–Kier alpha value is -2.38. The standard InChI is InChI=1S/C22H26BrN3O3/c1-25(2)10-11-29-20-8-6-16(7-9-20)14-24-22(28)17-12-21(27)26(15-17)19-5-3-4-18(23)13-19/h3-9,13,17H,10-12,14-15H2,1-2H3,(H,24,28). The zero-order chi connectivity index (χ0) is 20.8. The predicted octanol–water partition coefficient (Wildman–Crippen LogP) is 3.06. The molecule has 1 atom stereocenters. The van der Waals surface area contributed by atoms with E-state index in [0.29, 0.717) is 19.7 Å². The number of amides is 2. The van der Waals surface area contributed by atoms with Gasteiger partial charge in [-0.1, -0.05) is 34.1 Å². The summed E-state index contributed by atoms with van der Waals surface area (Å²) < 4.78 is 6.58. The molecular formula is C22H26BrN3O3. The van der Waals surface area contributed by atoms with Crippen molar-refractivity contribution in [1.82, 2.24) is 10.2 Å². The van der Waals surface area contributed by atoms with Crippen molar-refractivity contribution in [2.75, 3.05) is 38.7 Å². The van der Waals surface area contributed by atoms with Gasteiger partial charge in [-0.05, 0) is 50.0 Å². The van der Waals surface area contributed by atoms with E-state index < -0.39 is 0 Å². The molecule has 0 spiro atoms. The maximum Gasteiger partial charge on any atom is 0.227 e. The third-order valence-corrected chi connectivity index (χ3v) is 5.31. The normalized spacial score (nSPS) is 16.3. The second-order valence-electron chi connectivity index (χ2n) is 7.40. The molecule has 29 heavy (non-hydrogen) atoms. The lowest BCUT2D eigenvalue weighted by molar-refractivity contribution is -0.126. The van der Waals surface area contributed by atoms with E-state index in [1.807, 2.05) is 62.6 Å². The maximum absolute atomic E-state index is 12.6. The first-order valence-corrected chi connectivity index (χ1v) is 10.4. The van der Waals surface area contributed by atoms with Gasteiger partial charge >= 0.3 is 0 Å². The van der Waals surface area contributed by atoms with Gasteiger partial charge in [-0.2, -0.15) is 0 Å². The number of likely N-dealkylation sites (N-methyl/N-ethyl adjacent to an activating group) is 1. The van der Waals surface area contributed by atoms with Crippen LogP contribution in [0.3, 0.4) is 0 Å². The Kier molecular flexibility index (Phi) is 7.28. The smallest absolute Gasteiger partial charge is 0.227 e. The summed E-state index contributed by atoms with van der Waals surface area (Å²) in [5.74, 6) is 0.354. The van der Waals surface area contributed by atoms with Gasteiger partial charge in [0, 0.05) is 36.2 Å². The second kappa shape index (κ2) is 9.89. The van der Waals surface area contributed by atoms with E-state index in [1.165, 1.54) is 0 Å². The van der Waals surface area contributed by atoms with Gasteiger partial charge in [-0.25, -0.2) is 0 Å². The predicted molar refractivity (Wildman–Crippen MR) is 117 cm³/mol. The Balaban J connectivity index is 1.49. The zero-order valence-electron chi connectivity index (χ0n) is 16.7. The molecule has 2 aromatic rings. The van der Waals surface area contributed by atoms with Crippen molar-refractivity contribution < 1.29 is 14.3 Å². The number of nitrogens with one attached hydrogen (secondary N) is 1. The minimum atomic E-state index is -0.338. The molecule has 0 aliphatic carbocycles. The number of carbonyl (C=O) groups excluding carboxylic acids is 2. The van der Waals surface area contributed by atoms with Crippen LogP contribution < -0.4 is 15.0 Å². The number of benzene rings is 2. The van der Waals surface area contributed by atoms with Crippen LogP contribution in [0.2, 0.25) is 0 Å². The maximum atomic E-state index is 12.6. The Morgan fingerprint density at radius 1 is 1.24 bits per heavy atom. The number of rotatable bonds is 8. The fourth-order valence-electron chi connectivity index (χ4n) is 3.16. The molecule has 1 aliphatic heterocycles. The van der Waals surface area contributed by atoms with Crippen molar-refractivity contribution in [2.24, 2.45) is 5.92 Å². The van der Waals surface area contributed by atoms with Crippen molar-refractivity contribution in [3.63, 3.8) is 0 Å². The van der Waals surface area contributed by atoms with Crippen LogP contribution in [0.5, 0.6) is 5.75 Å². The molecule has 3 rings (SSSR count). The molecule has 1 N–H and O–H groups in total. The third kappa shape index (κ3) is 6.05. The van der Waals surface area contributed by atoms with Crippen LogP contribution in [0.15, 0.2) is 53.0 Å². The summed E-state index contributed by atoms with van der Waals surface area (Å²) >= 11 is 3.42. The van der Waals surface area contributed by atoms with Crippen LogP contribution in [0.4, 0.5) is 5.69 Å². The summed E-state index contributed by atoms with van der Waals surface area (Å²) in [4.78, 5) is 28.6. The van der Waals surface area contributed by atoms with Crippen molar-refractivity contribution in [2.45, 2.75) is 13.0 Å². The average Bonchev–Trinajstić information content (AvgIpc) is 3.09. The van der Waals surface area contributed by atoms with Crippen LogP contribution in [0.25, 0.3) is 0 Å². The first-order chi connectivity index (χ1) is 13.9. The summed E-state index contributed by atoms with van der Waals surface area (Å²) in [6.45, 7) is 2.32. The molecule has 1 fully saturated rings. The lowest BCUT2D eigenvalue weighted by Gasteiger charge is -2.17. The fourth-order valence-corrected chi connectivity index (χ4v) is 3.55. The molecule has 1 saturated heterocycles. The van der Waals surface area contributed by atoms with Gasteiger partial charge in [0.05, 0.1) is 5.92 Å². The quantitative estimate of drug-likeness (QED) is 0.658. The third-order valence-electron chi connectivity index (χ3n) is 4.81. The largest absolute Gasteiger partial charge is 0.492 e. The Morgan fingerprint density at radius 3 is 2.69 bits per heavy atom. The van der Waals surface area contributed by atoms with Gasteiger partial charge in [0.2, 0.25) is 11.8 Å². The lowest BCUT2D eigenvalue weighted by Crippen LogP contribution is -2.32. The number of nitrogens with zero attached hydrogens (tertiary/aromatic N) is 2. The monoisotopic (exact) mass is 459 g/mol. The van der Waals surface area contributed by atoms with E-state index >= 15 is 0 Å². The summed E-state index contributed by atoms with van der Waals surface area (Å²) in [7, 11) is 4.01. The van der Waals surface area contributed by atoms with Crippen molar-refractivity contribution in [3.8, 4) is 5.75 Å². The van der Waals surface area contributed by atoms with Gasteiger partial charge in [0.15, 0.2) is 0 Å².